The summed E-state index contributed by atoms with van der Waals surface area (Å²) in [6.07, 6.45) is 6.00. The van der Waals surface area contributed by atoms with Gasteiger partial charge in [-0.3, -0.25) is 0 Å². The Morgan fingerprint density at radius 2 is 2.18 bits per heavy atom. The van der Waals surface area contributed by atoms with Crippen molar-refractivity contribution in [3.8, 4) is 0 Å². The van der Waals surface area contributed by atoms with Crippen LogP contribution in [-0.2, 0) is 4.79 Å². The maximum atomic E-state index is 10.1. The molecule has 62 valence electrons. The first-order chi connectivity index (χ1) is 5.35. The van der Waals surface area contributed by atoms with E-state index in [9.17, 15) is 4.79 Å². The van der Waals surface area contributed by atoms with Crippen LogP contribution in [-0.4, -0.2) is 30.8 Å². The third kappa shape index (κ3) is 1.45. The van der Waals surface area contributed by atoms with Gasteiger partial charge in [-0.2, -0.15) is 0 Å². The summed E-state index contributed by atoms with van der Waals surface area (Å²) >= 11 is 0. The second kappa shape index (κ2) is 2.59. The van der Waals surface area contributed by atoms with Crippen molar-refractivity contribution >= 4 is 6.29 Å². The number of carbonyl (C=O) groups is 1. The minimum atomic E-state index is 0.718. The zero-order valence-corrected chi connectivity index (χ0v) is 6.88. The van der Waals surface area contributed by atoms with E-state index in [0.717, 1.165) is 24.7 Å². The molecule has 1 spiro atoms. The molecule has 1 aliphatic carbocycles. The molecule has 0 bridgehead atoms. The molecule has 2 rings (SSSR count). The van der Waals surface area contributed by atoms with Gasteiger partial charge < -0.3 is 9.69 Å². The van der Waals surface area contributed by atoms with Crippen molar-refractivity contribution in [3.63, 3.8) is 0 Å². The van der Waals surface area contributed by atoms with Crippen LogP contribution < -0.4 is 0 Å². The van der Waals surface area contributed by atoms with Crippen LogP contribution in [0.2, 0.25) is 0 Å². The molecular weight excluding hydrogens is 138 g/mol. The van der Waals surface area contributed by atoms with E-state index in [1.165, 1.54) is 32.4 Å². The molecule has 0 aromatic heterocycles. The molecule has 0 unspecified atom stereocenters. The monoisotopic (exact) mass is 153 g/mol. The van der Waals surface area contributed by atoms with E-state index >= 15 is 0 Å². The predicted molar refractivity (Wildman–Crippen MR) is 43.4 cm³/mol. The summed E-state index contributed by atoms with van der Waals surface area (Å²) in [7, 11) is 0. The summed E-state index contributed by atoms with van der Waals surface area (Å²) < 4.78 is 0. The Balaban J connectivity index is 1.76. The van der Waals surface area contributed by atoms with Crippen molar-refractivity contribution in [2.45, 2.75) is 25.7 Å². The van der Waals surface area contributed by atoms with E-state index < -0.39 is 0 Å². The average Bonchev–Trinajstić information content (AvgIpc) is 2.61. The molecule has 2 heteroatoms. The molecule has 2 aliphatic rings. The standard InChI is InChI=1S/C9H15NO/c11-7-1-5-10-6-4-9(8-10)2-3-9/h7H,1-6,8H2. The molecular formula is C9H15NO. The highest BCUT2D eigenvalue weighted by Gasteiger charge is 2.47. The van der Waals surface area contributed by atoms with E-state index in [1.807, 2.05) is 0 Å². The lowest BCUT2D eigenvalue weighted by Gasteiger charge is -2.12. The summed E-state index contributed by atoms with van der Waals surface area (Å²) in [6.45, 7) is 3.49. The van der Waals surface area contributed by atoms with Gasteiger partial charge in [0, 0.05) is 19.5 Å². The predicted octanol–water partition coefficient (Wildman–Crippen LogP) is 1.06. The second-order valence-corrected chi connectivity index (χ2v) is 3.98. The van der Waals surface area contributed by atoms with Crippen molar-refractivity contribution in [3.05, 3.63) is 0 Å². The summed E-state index contributed by atoms with van der Waals surface area (Å²) in [5, 5.41) is 0. The van der Waals surface area contributed by atoms with Crippen molar-refractivity contribution in [2.24, 2.45) is 5.41 Å². The zero-order chi connectivity index (χ0) is 7.73. The number of hydrogen-bond acceptors (Lipinski definition) is 2. The molecule has 0 aromatic rings. The lowest BCUT2D eigenvalue weighted by Crippen LogP contribution is -2.22. The van der Waals surface area contributed by atoms with Crippen molar-refractivity contribution in [1.29, 1.82) is 0 Å². The van der Waals surface area contributed by atoms with Gasteiger partial charge in [-0.1, -0.05) is 0 Å². The van der Waals surface area contributed by atoms with Gasteiger partial charge in [0.05, 0.1) is 0 Å². The topological polar surface area (TPSA) is 20.3 Å². The molecule has 2 nitrogen and oxygen atoms in total. The van der Waals surface area contributed by atoms with Gasteiger partial charge in [0.1, 0.15) is 6.29 Å². The van der Waals surface area contributed by atoms with Crippen molar-refractivity contribution in [1.82, 2.24) is 4.90 Å². The summed E-state index contributed by atoms with van der Waals surface area (Å²) in [5.41, 5.74) is 0.725. The molecule has 1 saturated carbocycles. The first-order valence-electron chi connectivity index (χ1n) is 4.51. The van der Waals surface area contributed by atoms with E-state index in [0.29, 0.717) is 0 Å². The maximum absolute atomic E-state index is 10.1. The molecule has 0 N–H and O–H groups in total. The molecule has 1 heterocycles. The van der Waals surface area contributed by atoms with Gasteiger partial charge in [0.2, 0.25) is 0 Å². The third-order valence-electron chi connectivity index (χ3n) is 3.04. The number of nitrogens with zero attached hydrogens (tertiary/aromatic N) is 1. The Bertz CT molecular complexity index is 163. The Morgan fingerprint density at radius 3 is 2.73 bits per heavy atom. The molecule has 1 saturated heterocycles. The van der Waals surface area contributed by atoms with Crippen LogP contribution >= 0.6 is 0 Å². The first kappa shape index (κ1) is 7.29. The highest BCUT2D eigenvalue weighted by atomic mass is 16.1. The van der Waals surface area contributed by atoms with Crippen molar-refractivity contribution in [2.75, 3.05) is 19.6 Å². The quantitative estimate of drug-likeness (QED) is 0.565. The number of likely N-dealkylation sites (tertiary alicyclic amines) is 1. The third-order valence-corrected chi connectivity index (χ3v) is 3.04. The Morgan fingerprint density at radius 1 is 1.36 bits per heavy atom. The van der Waals surface area contributed by atoms with Crippen LogP contribution in [0, 0.1) is 5.41 Å². The number of aldehydes is 1. The lowest BCUT2D eigenvalue weighted by molar-refractivity contribution is -0.108. The van der Waals surface area contributed by atoms with E-state index in [2.05, 4.69) is 4.90 Å². The Hall–Kier alpha value is -0.370. The largest absolute Gasteiger partial charge is 0.303 e. The van der Waals surface area contributed by atoms with Gasteiger partial charge >= 0.3 is 0 Å². The fraction of sp³-hybridized carbons (Fsp3) is 0.889. The Labute approximate surface area is 67.6 Å². The SMILES string of the molecule is O=CCCN1CCC2(CC2)C1. The fourth-order valence-corrected chi connectivity index (χ4v) is 2.04. The summed E-state index contributed by atoms with van der Waals surface area (Å²) in [4.78, 5) is 12.5. The van der Waals surface area contributed by atoms with Gasteiger partial charge in [-0.05, 0) is 31.2 Å². The maximum Gasteiger partial charge on any atom is 0.121 e. The Kier molecular flexibility index (Phi) is 1.72. The molecule has 0 aromatic carbocycles. The van der Waals surface area contributed by atoms with E-state index in [-0.39, 0.29) is 0 Å². The fourth-order valence-electron chi connectivity index (χ4n) is 2.04. The van der Waals surface area contributed by atoms with Gasteiger partial charge in [0.25, 0.3) is 0 Å². The molecule has 1 aliphatic heterocycles. The average molecular weight is 153 g/mol. The van der Waals surface area contributed by atoms with Gasteiger partial charge in [-0.25, -0.2) is 0 Å². The summed E-state index contributed by atoms with van der Waals surface area (Å²) in [6, 6.07) is 0. The molecule has 0 atom stereocenters. The number of carbonyl (C=O) groups excluding carboxylic acids is 1. The van der Waals surface area contributed by atoms with Crippen LogP contribution in [0.25, 0.3) is 0 Å². The second-order valence-electron chi connectivity index (χ2n) is 3.98. The molecule has 0 radical (unpaired) electrons. The van der Waals surface area contributed by atoms with Crippen LogP contribution in [0.4, 0.5) is 0 Å². The van der Waals surface area contributed by atoms with Gasteiger partial charge in [-0.15, -0.1) is 0 Å². The minimum absolute atomic E-state index is 0.718. The summed E-state index contributed by atoms with van der Waals surface area (Å²) in [5.74, 6) is 0. The molecule has 2 fully saturated rings. The lowest BCUT2D eigenvalue weighted by atomic mass is 10.1. The van der Waals surface area contributed by atoms with E-state index in [1.54, 1.807) is 0 Å². The van der Waals surface area contributed by atoms with Crippen LogP contribution in [0.3, 0.4) is 0 Å². The number of rotatable bonds is 3. The van der Waals surface area contributed by atoms with Crippen LogP contribution in [0.5, 0.6) is 0 Å². The van der Waals surface area contributed by atoms with Gasteiger partial charge in [0.15, 0.2) is 0 Å². The first-order valence-corrected chi connectivity index (χ1v) is 4.51. The molecule has 0 amide bonds. The highest BCUT2D eigenvalue weighted by molar-refractivity contribution is 5.49. The molecule has 11 heavy (non-hydrogen) atoms. The smallest absolute Gasteiger partial charge is 0.121 e. The normalized spacial score (nSPS) is 27.6. The number of hydrogen-bond donors (Lipinski definition) is 0. The highest BCUT2D eigenvalue weighted by Crippen LogP contribution is 2.52. The van der Waals surface area contributed by atoms with E-state index in [4.69, 9.17) is 0 Å². The van der Waals surface area contributed by atoms with Crippen LogP contribution in [0.15, 0.2) is 0 Å². The zero-order valence-electron chi connectivity index (χ0n) is 6.88. The van der Waals surface area contributed by atoms with Crippen molar-refractivity contribution < 1.29 is 4.79 Å². The van der Waals surface area contributed by atoms with Crippen LogP contribution in [0.1, 0.15) is 25.7 Å². The minimum Gasteiger partial charge on any atom is -0.303 e.